The van der Waals surface area contributed by atoms with Crippen LogP contribution in [0.15, 0.2) is 93.9 Å². The number of nitrogens with zero attached hydrogens (tertiary/aromatic N) is 2. The maximum absolute atomic E-state index is 14.0. The normalized spacial score (nSPS) is 14.9. The van der Waals surface area contributed by atoms with E-state index in [0.29, 0.717) is 63.2 Å². The summed E-state index contributed by atoms with van der Waals surface area (Å²) in [6, 6.07) is 18.3. The van der Waals surface area contributed by atoms with Gasteiger partial charge in [-0.05, 0) is 75.8 Å². The molecule has 0 N–H and O–H groups in total. The van der Waals surface area contributed by atoms with Gasteiger partial charge in [0.05, 0.1) is 24.2 Å². The number of fused-ring (bicyclic) bond motifs is 2. The molecule has 0 saturated carbocycles. The highest BCUT2D eigenvalue weighted by Crippen LogP contribution is 2.50. The van der Waals surface area contributed by atoms with Crippen LogP contribution in [0.2, 0.25) is 0 Å². The maximum Gasteiger partial charge on any atom is 0.416 e. The molecule has 7 aromatic rings. The van der Waals surface area contributed by atoms with E-state index in [4.69, 9.17) is 0 Å². The smallest absolute Gasteiger partial charge is 0.270 e. The largest absolute Gasteiger partial charge is 0.416 e. The van der Waals surface area contributed by atoms with E-state index in [1.807, 2.05) is 0 Å². The molecule has 0 aromatic heterocycles. The Hall–Kier alpha value is -5.34. The highest BCUT2D eigenvalue weighted by Gasteiger charge is 2.39. The van der Waals surface area contributed by atoms with E-state index in [-0.39, 0.29) is 35.3 Å². The number of amides is 4. The van der Waals surface area contributed by atoms with Gasteiger partial charge in [0.25, 0.3) is 23.6 Å². The maximum atomic E-state index is 14.0. The first-order chi connectivity index (χ1) is 25.5. The van der Waals surface area contributed by atoms with Crippen molar-refractivity contribution >= 4 is 98.6 Å². The van der Waals surface area contributed by atoms with Crippen LogP contribution in [0, 0.1) is 0 Å². The molecule has 7 aromatic carbocycles. The van der Waals surface area contributed by atoms with Crippen molar-refractivity contribution in [2.45, 2.75) is 25.4 Å². The number of imide groups is 2. The molecule has 0 saturated heterocycles. The second kappa shape index (κ2) is 11.6. The summed E-state index contributed by atoms with van der Waals surface area (Å²) in [6.45, 7) is -0.510. The molecule has 268 valence electrons. The number of carbonyl (C=O) groups excluding carboxylic acids is 4. The van der Waals surface area contributed by atoms with Crippen molar-refractivity contribution in [3.05, 3.63) is 138 Å². The van der Waals surface area contributed by atoms with Crippen LogP contribution in [-0.2, 0) is 25.4 Å². The Bertz CT molecular complexity index is 2730. The van der Waals surface area contributed by atoms with E-state index in [9.17, 15) is 45.5 Å². The molecule has 0 unspecified atom stereocenters. The van der Waals surface area contributed by atoms with E-state index >= 15 is 0 Å². The summed E-state index contributed by atoms with van der Waals surface area (Å²) in [5, 5.41) is 4.45. The SMILES string of the molecule is O=C1c2ccc3c4c(Br)cc5c6c(cc(Br)c(c7ccc(c2c37)C(=O)N1Cc1ccc(C(F)(F)F)cc1)c64)C(=O)N(Cc1ccc(C(F)(F)F)cc1)C5=O. The lowest BCUT2D eigenvalue weighted by Gasteiger charge is -2.31. The molecule has 0 spiro atoms. The lowest BCUT2D eigenvalue weighted by Crippen LogP contribution is -2.40. The molecule has 14 heteroatoms. The number of hydrogen-bond acceptors (Lipinski definition) is 4. The number of benzene rings is 7. The zero-order chi connectivity index (χ0) is 38.2. The number of rotatable bonds is 4. The van der Waals surface area contributed by atoms with Gasteiger partial charge in [0, 0.05) is 58.1 Å². The monoisotopic (exact) mass is 862 g/mol. The quantitative estimate of drug-likeness (QED) is 0.0765. The van der Waals surface area contributed by atoms with Gasteiger partial charge in [0.1, 0.15) is 0 Å². The van der Waals surface area contributed by atoms with Crippen molar-refractivity contribution in [3.8, 4) is 0 Å². The summed E-state index contributed by atoms with van der Waals surface area (Å²) in [4.78, 5) is 58.0. The van der Waals surface area contributed by atoms with Gasteiger partial charge in [0.15, 0.2) is 0 Å². The van der Waals surface area contributed by atoms with Crippen LogP contribution < -0.4 is 0 Å². The molecule has 2 aliphatic heterocycles. The first-order valence-corrected chi connectivity index (χ1v) is 17.8. The second-order valence-electron chi connectivity index (χ2n) is 13.2. The predicted octanol–water partition coefficient (Wildman–Crippen LogP) is 10.9. The Morgan fingerprint density at radius 1 is 0.426 bits per heavy atom. The van der Waals surface area contributed by atoms with Gasteiger partial charge >= 0.3 is 12.4 Å². The highest BCUT2D eigenvalue weighted by molar-refractivity contribution is 9.11. The number of alkyl halides is 6. The first-order valence-electron chi connectivity index (χ1n) is 16.2. The zero-order valence-electron chi connectivity index (χ0n) is 27.0. The molecule has 0 radical (unpaired) electrons. The lowest BCUT2D eigenvalue weighted by atomic mass is 9.82. The molecule has 54 heavy (non-hydrogen) atoms. The average Bonchev–Trinajstić information content (AvgIpc) is 3.12. The van der Waals surface area contributed by atoms with Crippen molar-refractivity contribution in [1.82, 2.24) is 9.80 Å². The van der Waals surface area contributed by atoms with Gasteiger partial charge in [-0.25, -0.2) is 0 Å². The Morgan fingerprint density at radius 2 is 0.778 bits per heavy atom. The van der Waals surface area contributed by atoms with Crippen LogP contribution in [0.5, 0.6) is 0 Å². The van der Waals surface area contributed by atoms with E-state index in [1.54, 1.807) is 36.4 Å². The minimum atomic E-state index is -4.55. The van der Waals surface area contributed by atoms with Gasteiger partial charge in [-0.1, -0.05) is 68.3 Å². The summed E-state index contributed by atoms with van der Waals surface area (Å²) in [6.07, 6.45) is -9.09. The highest BCUT2D eigenvalue weighted by atomic mass is 79.9. The summed E-state index contributed by atoms with van der Waals surface area (Å²) in [5.74, 6) is -2.49. The third-order valence-corrected chi connectivity index (χ3v) is 11.4. The van der Waals surface area contributed by atoms with E-state index in [1.165, 1.54) is 24.3 Å². The molecule has 9 rings (SSSR count). The molecule has 2 heterocycles. The van der Waals surface area contributed by atoms with Gasteiger partial charge in [-0.3, -0.25) is 29.0 Å². The third kappa shape index (κ3) is 4.92. The van der Waals surface area contributed by atoms with Gasteiger partial charge in [0.2, 0.25) is 0 Å². The molecule has 0 bridgehead atoms. The van der Waals surface area contributed by atoms with Crippen LogP contribution in [-0.4, -0.2) is 33.4 Å². The Labute approximate surface area is 316 Å². The van der Waals surface area contributed by atoms with Crippen LogP contribution in [0.4, 0.5) is 26.3 Å². The lowest BCUT2D eigenvalue weighted by molar-refractivity contribution is -0.138. The van der Waals surface area contributed by atoms with Crippen molar-refractivity contribution in [1.29, 1.82) is 0 Å². The van der Waals surface area contributed by atoms with Crippen LogP contribution in [0.25, 0.3) is 43.1 Å². The number of carbonyl (C=O) groups is 4. The minimum absolute atomic E-state index is 0.203. The van der Waals surface area contributed by atoms with E-state index in [0.717, 1.165) is 34.1 Å². The summed E-state index contributed by atoms with van der Waals surface area (Å²) in [5.41, 5.74) is -0.192. The fraction of sp³-hybridized carbons (Fsp3) is 0.100. The van der Waals surface area contributed by atoms with E-state index < -0.39 is 47.1 Å². The third-order valence-electron chi connectivity index (χ3n) is 10.2. The average molecular weight is 864 g/mol. The van der Waals surface area contributed by atoms with E-state index in [2.05, 4.69) is 31.9 Å². The van der Waals surface area contributed by atoms with Gasteiger partial charge < -0.3 is 0 Å². The Morgan fingerprint density at radius 3 is 1.15 bits per heavy atom. The summed E-state index contributed by atoms with van der Waals surface area (Å²) < 4.78 is 79.9. The van der Waals surface area contributed by atoms with Gasteiger partial charge in [-0.15, -0.1) is 0 Å². The molecule has 0 atom stereocenters. The molecular formula is C40H18Br2F6N2O4. The van der Waals surface area contributed by atoms with Crippen molar-refractivity contribution in [2.24, 2.45) is 0 Å². The van der Waals surface area contributed by atoms with Crippen LogP contribution >= 0.6 is 31.9 Å². The second-order valence-corrected chi connectivity index (χ2v) is 14.9. The molecular weight excluding hydrogens is 846 g/mol. The first kappa shape index (κ1) is 34.4. The van der Waals surface area contributed by atoms with Crippen LogP contribution in [0.3, 0.4) is 0 Å². The molecule has 0 aliphatic carbocycles. The number of halogens is 8. The minimum Gasteiger partial charge on any atom is -0.270 e. The Balaban J connectivity index is 1.18. The summed E-state index contributed by atoms with van der Waals surface area (Å²) in [7, 11) is 0. The van der Waals surface area contributed by atoms with Crippen molar-refractivity contribution in [3.63, 3.8) is 0 Å². The molecule has 0 fully saturated rings. The standard InChI is InChI=1S/C40H18Br2F6N2O4/c41-27-13-25-31-26(38(54)50(37(25)53)16-18-3-7-20(8-4-18)40(46,47)48)14-28(42)33-22-10-12-24-30-23(11-9-21(29(22)30)32(27)34(31)33)35(51)49(36(24)52)15-17-1-5-19(6-2-17)39(43,44)45/h1-14H,15-16H2. The zero-order valence-corrected chi connectivity index (χ0v) is 30.2. The van der Waals surface area contributed by atoms with Crippen molar-refractivity contribution in [2.75, 3.05) is 0 Å². The fourth-order valence-electron chi connectivity index (χ4n) is 7.72. The van der Waals surface area contributed by atoms with Crippen LogP contribution in [0.1, 0.15) is 63.7 Å². The fourth-order valence-corrected chi connectivity index (χ4v) is 9.00. The summed E-state index contributed by atoms with van der Waals surface area (Å²) >= 11 is 7.30. The predicted molar refractivity (Wildman–Crippen MR) is 194 cm³/mol. The van der Waals surface area contributed by atoms with Gasteiger partial charge in [-0.2, -0.15) is 26.3 Å². The van der Waals surface area contributed by atoms with Crippen molar-refractivity contribution < 1.29 is 45.5 Å². The number of hydrogen-bond donors (Lipinski definition) is 0. The topological polar surface area (TPSA) is 74.8 Å². The molecule has 4 amide bonds. The molecule has 6 nitrogen and oxygen atoms in total. The Kier molecular flexibility index (Phi) is 7.38. The molecule has 2 aliphatic rings.